The number of sulfonamides is 1. The van der Waals surface area contributed by atoms with E-state index in [0.29, 0.717) is 25.1 Å². The molecule has 164 valence electrons. The van der Waals surface area contributed by atoms with Crippen LogP contribution in [0.15, 0.2) is 54.6 Å². The molecule has 0 saturated carbocycles. The van der Waals surface area contributed by atoms with E-state index in [4.69, 9.17) is 0 Å². The maximum atomic E-state index is 12.3. The minimum atomic E-state index is -3.41. The number of carbonyl (C=O) groups is 1. The van der Waals surface area contributed by atoms with Crippen molar-refractivity contribution in [2.45, 2.75) is 51.9 Å². The minimum absolute atomic E-state index is 0.0545. The highest BCUT2D eigenvalue weighted by Gasteiger charge is 2.17. The van der Waals surface area contributed by atoms with Crippen LogP contribution in [0.1, 0.15) is 56.6 Å². The predicted molar refractivity (Wildman–Crippen MR) is 124 cm³/mol. The number of aryl methyl sites for hydroxylation is 1. The lowest BCUT2D eigenvalue weighted by atomic mass is 10.0. The summed E-state index contributed by atoms with van der Waals surface area (Å²) in [7, 11) is -3.41. The third-order valence-corrected chi connectivity index (χ3v) is 6.38. The summed E-state index contributed by atoms with van der Waals surface area (Å²) in [5.41, 5.74) is 3.04. The van der Waals surface area contributed by atoms with Crippen molar-refractivity contribution in [3.05, 3.63) is 65.7 Å². The van der Waals surface area contributed by atoms with Crippen molar-refractivity contribution in [3.8, 4) is 0 Å². The van der Waals surface area contributed by atoms with Gasteiger partial charge in [0, 0.05) is 19.5 Å². The second-order valence-corrected chi connectivity index (χ2v) is 9.73. The lowest BCUT2D eigenvalue weighted by Crippen LogP contribution is -2.32. The Balaban J connectivity index is 1.85. The SMILES string of the molecule is CCCCc1ccc(N(CCCC(=O)NCC(C)c2ccccc2)S(C)(=O)=O)cc1. The van der Waals surface area contributed by atoms with E-state index in [0.717, 1.165) is 19.3 Å². The normalized spacial score (nSPS) is 12.4. The molecule has 0 aliphatic rings. The minimum Gasteiger partial charge on any atom is -0.356 e. The molecule has 2 aromatic carbocycles. The highest BCUT2D eigenvalue weighted by molar-refractivity contribution is 7.92. The zero-order chi connectivity index (χ0) is 22.0. The lowest BCUT2D eigenvalue weighted by Gasteiger charge is -2.22. The Morgan fingerprint density at radius 1 is 1.03 bits per heavy atom. The van der Waals surface area contributed by atoms with E-state index >= 15 is 0 Å². The number of unbranched alkanes of at least 4 members (excludes halogenated alkanes) is 1. The molecule has 0 saturated heterocycles. The molecule has 2 aromatic rings. The Bertz CT molecular complexity index is 880. The first-order chi connectivity index (χ1) is 14.3. The van der Waals surface area contributed by atoms with Crippen LogP contribution in [0.4, 0.5) is 5.69 Å². The Morgan fingerprint density at radius 2 is 1.70 bits per heavy atom. The third-order valence-electron chi connectivity index (χ3n) is 5.18. The quantitative estimate of drug-likeness (QED) is 0.539. The molecule has 1 atom stereocenters. The van der Waals surface area contributed by atoms with Crippen molar-refractivity contribution in [1.29, 1.82) is 0 Å². The molecule has 0 radical (unpaired) electrons. The van der Waals surface area contributed by atoms with Crippen LogP contribution in [-0.4, -0.2) is 33.7 Å². The van der Waals surface area contributed by atoms with Gasteiger partial charge >= 0.3 is 0 Å². The average molecular weight is 431 g/mol. The van der Waals surface area contributed by atoms with E-state index in [9.17, 15) is 13.2 Å². The van der Waals surface area contributed by atoms with Gasteiger partial charge in [-0.15, -0.1) is 0 Å². The van der Waals surface area contributed by atoms with Crippen LogP contribution >= 0.6 is 0 Å². The second kappa shape index (κ2) is 11.7. The molecule has 0 fully saturated rings. The van der Waals surface area contributed by atoms with Gasteiger partial charge in [-0.25, -0.2) is 8.42 Å². The summed E-state index contributed by atoms with van der Waals surface area (Å²) in [4.78, 5) is 12.2. The molecule has 5 nitrogen and oxygen atoms in total. The molecule has 0 aromatic heterocycles. The summed E-state index contributed by atoms with van der Waals surface area (Å²) in [6.07, 6.45) is 5.21. The van der Waals surface area contributed by atoms with Crippen molar-refractivity contribution in [2.24, 2.45) is 0 Å². The first kappa shape index (κ1) is 23.9. The van der Waals surface area contributed by atoms with E-state index < -0.39 is 10.0 Å². The molecular weight excluding hydrogens is 396 g/mol. The molecule has 1 amide bonds. The molecular formula is C24H34N2O3S. The van der Waals surface area contributed by atoms with Crippen LogP contribution in [-0.2, 0) is 21.2 Å². The largest absolute Gasteiger partial charge is 0.356 e. The number of hydrogen-bond donors (Lipinski definition) is 1. The number of hydrogen-bond acceptors (Lipinski definition) is 3. The Kier molecular flexibility index (Phi) is 9.37. The topological polar surface area (TPSA) is 66.5 Å². The van der Waals surface area contributed by atoms with E-state index in [1.165, 1.54) is 21.7 Å². The zero-order valence-electron chi connectivity index (χ0n) is 18.3. The highest BCUT2D eigenvalue weighted by Crippen LogP contribution is 2.20. The molecule has 0 bridgehead atoms. The van der Waals surface area contributed by atoms with Crippen LogP contribution in [0, 0.1) is 0 Å². The first-order valence-electron chi connectivity index (χ1n) is 10.7. The van der Waals surface area contributed by atoms with Gasteiger partial charge in [-0.05, 0) is 48.4 Å². The lowest BCUT2D eigenvalue weighted by molar-refractivity contribution is -0.121. The number of nitrogens with zero attached hydrogens (tertiary/aromatic N) is 1. The number of rotatable bonds is 12. The molecule has 0 spiro atoms. The fourth-order valence-electron chi connectivity index (χ4n) is 3.33. The van der Waals surface area contributed by atoms with Crippen molar-refractivity contribution >= 4 is 21.6 Å². The molecule has 0 aliphatic heterocycles. The Morgan fingerprint density at radius 3 is 2.30 bits per heavy atom. The highest BCUT2D eigenvalue weighted by atomic mass is 32.2. The number of nitrogens with one attached hydrogen (secondary N) is 1. The number of anilines is 1. The smallest absolute Gasteiger partial charge is 0.232 e. The number of benzene rings is 2. The molecule has 6 heteroatoms. The summed E-state index contributed by atoms with van der Waals surface area (Å²) in [6.45, 7) is 5.08. The number of amides is 1. The van der Waals surface area contributed by atoms with Gasteiger partial charge in [0.1, 0.15) is 0 Å². The van der Waals surface area contributed by atoms with Gasteiger partial charge in [0.05, 0.1) is 11.9 Å². The zero-order valence-corrected chi connectivity index (χ0v) is 19.1. The third kappa shape index (κ3) is 7.82. The van der Waals surface area contributed by atoms with E-state index in [-0.39, 0.29) is 18.4 Å². The maximum Gasteiger partial charge on any atom is 0.232 e. The van der Waals surface area contributed by atoms with Gasteiger partial charge in [0.2, 0.25) is 15.9 Å². The summed E-state index contributed by atoms with van der Waals surface area (Å²) < 4.78 is 25.9. The van der Waals surface area contributed by atoms with Gasteiger partial charge < -0.3 is 5.32 Å². The standard InChI is InChI=1S/C24H34N2O3S/c1-4-5-10-21-14-16-23(17-15-21)26(30(3,28)29)18-9-13-24(27)25-19-20(2)22-11-7-6-8-12-22/h6-8,11-12,14-17,20H,4-5,9-10,13,18-19H2,1-3H3,(H,25,27). The summed E-state index contributed by atoms with van der Waals surface area (Å²) in [6, 6.07) is 17.7. The van der Waals surface area contributed by atoms with E-state index in [2.05, 4.69) is 19.2 Å². The molecule has 0 heterocycles. The van der Waals surface area contributed by atoms with Gasteiger partial charge in [-0.3, -0.25) is 9.10 Å². The van der Waals surface area contributed by atoms with Crippen LogP contribution in [0.25, 0.3) is 0 Å². The van der Waals surface area contributed by atoms with Gasteiger partial charge in [-0.1, -0.05) is 62.7 Å². The second-order valence-electron chi connectivity index (χ2n) is 7.82. The van der Waals surface area contributed by atoms with E-state index in [1.807, 2.05) is 54.6 Å². The van der Waals surface area contributed by atoms with Crippen molar-refractivity contribution in [1.82, 2.24) is 5.32 Å². The van der Waals surface area contributed by atoms with E-state index in [1.54, 1.807) is 0 Å². The maximum absolute atomic E-state index is 12.3. The Hall–Kier alpha value is -2.34. The molecule has 2 rings (SSSR count). The monoisotopic (exact) mass is 430 g/mol. The van der Waals surface area contributed by atoms with Crippen molar-refractivity contribution < 1.29 is 13.2 Å². The van der Waals surface area contributed by atoms with Crippen LogP contribution in [0.5, 0.6) is 0 Å². The summed E-state index contributed by atoms with van der Waals surface area (Å²) in [5, 5.41) is 2.95. The van der Waals surface area contributed by atoms with Gasteiger partial charge in [-0.2, -0.15) is 0 Å². The molecule has 1 unspecified atom stereocenters. The van der Waals surface area contributed by atoms with Crippen LogP contribution in [0.3, 0.4) is 0 Å². The van der Waals surface area contributed by atoms with Crippen LogP contribution in [0.2, 0.25) is 0 Å². The van der Waals surface area contributed by atoms with Crippen molar-refractivity contribution in [2.75, 3.05) is 23.7 Å². The number of carbonyl (C=O) groups excluding carboxylic acids is 1. The van der Waals surface area contributed by atoms with Gasteiger partial charge in [0.15, 0.2) is 0 Å². The average Bonchev–Trinajstić information content (AvgIpc) is 2.74. The summed E-state index contributed by atoms with van der Waals surface area (Å²) in [5.74, 6) is 0.176. The molecule has 30 heavy (non-hydrogen) atoms. The molecule has 0 aliphatic carbocycles. The Labute approximate surface area is 181 Å². The predicted octanol–water partition coefficient (Wildman–Crippen LogP) is 4.50. The fraction of sp³-hybridized carbons (Fsp3) is 0.458. The van der Waals surface area contributed by atoms with Crippen molar-refractivity contribution in [3.63, 3.8) is 0 Å². The fourth-order valence-corrected chi connectivity index (χ4v) is 4.30. The summed E-state index contributed by atoms with van der Waals surface area (Å²) >= 11 is 0. The van der Waals surface area contributed by atoms with Gasteiger partial charge in [0.25, 0.3) is 0 Å². The van der Waals surface area contributed by atoms with Crippen LogP contribution < -0.4 is 9.62 Å². The first-order valence-corrected chi connectivity index (χ1v) is 12.5. The molecule has 1 N–H and O–H groups in total.